The molecule has 0 bridgehead atoms. The molecular formula is C22H22N2O3. The van der Waals surface area contributed by atoms with Gasteiger partial charge in [-0.15, -0.1) is 6.42 Å². The van der Waals surface area contributed by atoms with Gasteiger partial charge in [-0.1, -0.05) is 26.7 Å². The standard InChI is InChI=1S/C22H22N2O3/c1-5-14-7-9-15(10-8-14)24-21(13(3)4)23-20-16(22(24)27)11-12-18(26)19(20)17(25)6-2/h1,7-13,17,25-26H,6H2,2-4H3. The number of hydrogen-bond acceptors (Lipinski definition) is 4. The highest BCUT2D eigenvalue weighted by Gasteiger charge is 2.21. The van der Waals surface area contributed by atoms with E-state index in [1.54, 1.807) is 41.8 Å². The van der Waals surface area contributed by atoms with Crippen LogP contribution < -0.4 is 5.56 Å². The second-order valence-corrected chi connectivity index (χ2v) is 6.78. The Balaban J connectivity index is 2.40. The van der Waals surface area contributed by atoms with Crippen LogP contribution in [-0.2, 0) is 0 Å². The molecule has 0 saturated carbocycles. The molecule has 1 unspecified atom stereocenters. The molecule has 2 aromatic carbocycles. The van der Waals surface area contributed by atoms with Crippen LogP contribution in [0.4, 0.5) is 0 Å². The quantitative estimate of drug-likeness (QED) is 0.695. The van der Waals surface area contributed by atoms with Gasteiger partial charge < -0.3 is 10.2 Å². The van der Waals surface area contributed by atoms with Crippen molar-refractivity contribution in [3.63, 3.8) is 0 Å². The summed E-state index contributed by atoms with van der Waals surface area (Å²) in [7, 11) is 0. The molecule has 0 aliphatic heterocycles. The molecule has 0 aliphatic carbocycles. The molecule has 138 valence electrons. The first-order valence-corrected chi connectivity index (χ1v) is 8.92. The second-order valence-electron chi connectivity index (χ2n) is 6.78. The third-order valence-electron chi connectivity index (χ3n) is 4.61. The average Bonchev–Trinajstić information content (AvgIpc) is 2.67. The van der Waals surface area contributed by atoms with Crippen LogP contribution >= 0.6 is 0 Å². The van der Waals surface area contributed by atoms with Crippen molar-refractivity contribution in [2.24, 2.45) is 0 Å². The van der Waals surface area contributed by atoms with Crippen molar-refractivity contribution in [3.8, 4) is 23.8 Å². The van der Waals surface area contributed by atoms with Crippen LogP contribution in [0, 0.1) is 12.3 Å². The molecule has 1 aromatic heterocycles. The maximum Gasteiger partial charge on any atom is 0.265 e. The molecule has 3 rings (SSSR count). The smallest absolute Gasteiger partial charge is 0.265 e. The van der Waals surface area contributed by atoms with Crippen LogP contribution in [-0.4, -0.2) is 19.8 Å². The minimum absolute atomic E-state index is 0.0524. The Morgan fingerprint density at radius 1 is 1.19 bits per heavy atom. The Labute approximate surface area is 157 Å². The highest BCUT2D eigenvalue weighted by Crippen LogP contribution is 2.32. The van der Waals surface area contributed by atoms with E-state index < -0.39 is 6.10 Å². The lowest BCUT2D eigenvalue weighted by atomic mass is 10.0. The summed E-state index contributed by atoms with van der Waals surface area (Å²) in [5.74, 6) is 3.00. The van der Waals surface area contributed by atoms with Gasteiger partial charge in [-0.25, -0.2) is 4.98 Å². The Kier molecular flexibility index (Phi) is 5.02. The summed E-state index contributed by atoms with van der Waals surface area (Å²) in [6.07, 6.45) is 4.92. The van der Waals surface area contributed by atoms with Crippen molar-refractivity contribution < 1.29 is 10.2 Å². The van der Waals surface area contributed by atoms with Crippen LogP contribution in [0.1, 0.15) is 56.2 Å². The molecule has 1 atom stereocenters. The van der Waals surface area contributed by atoms with Gasteiger partial charge in [0.15, 0.2) is 0 Å². The Morgan fingerprint density at radius 3 is 2.41 bits per heavy atom. The third kappa shape index (κ3) is 3.20. The number of benzene rings is 2. The van der Waals surface area contributed by atoms with Crippen molar-refractivity contribution in [2.45, 2.75) is 39.2 Å². The van der Waals surface area contributed by atoms with Crippen molar-refractivity contribution in [2.75, 3.05) is 0 Å². The van der Waals surface area contributed by atoms with Crippen LogP contribution in [0.25, 0.3) is 16.6 Å². The maximum atomic E-state index is 13.3. The molecule has 1 heterocycles. The molecule has 3 aromatic rings. The minimum atomic E-state index is -0.897. The lowest BCUT2D eigenvalue weighted by Gasteiger charge is -2.19. The fourth-order valence-corrected chi connectivity index (χ4v) is 3.16. The summed E-state index contributed by atoms with van der Waals surface area (Å²) in [4.78, 5) is 18.0. The number of hydrogen-bond donors (Lipinski definition) is 2. The Bertz CT molecular complexity index is 1090. The zero-order valence-electron chi connectivity index (χ0n) is 15.6. The maximum absolute atomic E-state index is 13.3. The van der Waals surface area contributed by atoms with Gasteiger partial charge in [-0.05, 0) is 42.8 Å². The largest absolute Gasteiger partial charge is 0.507 e. The first-order valence-electron chi connectivity index (χ1n) is 8.92. The van der Waals surface area contributed by atoms with Crippen molar-refractivity contribution in [1.29, 1.82) is 0 Å². The highest BCUT2D eigenvalue weighted by molar-refractivity contribution is 5.84. The van der Waals surface area contributed by atoms with Crippen molar-refractivity contribution in [1.82, 2.24) is 9.55 Å². The summed E-state index contributed by atoms with van der Waals surface area (Å²) >= 11 is 0. The summed E-state index contributed by atoms with van der Waals surface area (Å²) in [6.45, 7) is 5.69. The summed E-state index contributed by atoms with van der Waals surface area (Å²) in [5, 5.41) is 20.9. The minimum Gasteiger partial charge on any atom is -0.507 e. The molecule has 5 heteroatoms. The number of nitrogens with zero attached hydrogens (tertiary/aromatic N) is 2. The number of terminal acetylenes is 1. The van der Waals surface area contributed by atoms with Crippen molar-refractivity contribution in [3.05, 3.63) is 63.7 Å². The van der Waals surface area contributed by atoms with Crippen LogP contribution in [0.15, 0.2) is 41.2 Å². The van der Waals surface area contributed by atoms with E-state index in [9.17, 15) is 15.0 Å². The molecule has 0 aliphatic rings. The molecule has 5 nitrogen and oxygen atoms in total. The van der Waals surface area contributed by atoms with E-state index in [1.165, 1.54) is 6.07 Å². The monoisotopic (exact) mass is 362 g/mol. The lowest BCUT2D eigenvalue weighted by Crippen LogP contribution is -2.25. The fraction of sp³-hybridized carbons (Fsp3) is 0.273. The van der Waals surface area contributed by atoms with E-state index in [4.69, 9.17) is 6.42 Å². The zero-order chi connectivity index (χ0) is 19.7. The number of aliphatic hydroxyl groups is 1. The van der Waals surface area contributed by atoms with E-state index in [1.807, 2.05) is 13.8 Å². The molecule has 0 spiro atoms. The Hall–Kier alpha value is -3.10. The molecule has 0 radical (unpaired) electrons. The average molecular weight is 362 g/mol. The number of aromatic hydroxyl groups is 1. The molecular weight excluding hydrogens is 340 g/mol. The predicted molar refractivity (Wildman–Crippen MR) is 106 cm³/mol. The number of aromatic nitrogens is 2. The van der Waals surface area contributed by atoms with Crippen LogP contribution in [0.2, 0.25) is 0 Å². The van der Waals surface area contributed by atoms with Crippen LogP contribution in [0.3, 0.4) is 0 Å². The zero-order valence-corrected chi connectivity index (χ0v) is 15.6. The van der Waals surface area contributed by atoms with Gasteiger partial charge in [-0.3, -0.25) is 9.36 Å². The molecule has 0 fully saturated rings. The van der Waals surface area contributed by atoms with Gasteiger partial charge in [0.2, 0.25) is 0 Å². The van der Waals surface area contributed by atoms with Gasteiger partial charge in [0.1, 0.15) is 11.6 Å². The van der Waals surface area contributed by atoms with E-state index in [0.29, 0.717) is 34.4 Å². The van der Waals surface area contributed by atoms with E-state index in [-0.39, 0.29) is 17.2 Å². The molecule has 0 saturated heterocycles. The summed E-state index contributed by atoms with van der Waals surface area (Å²) in [6, 6.07) is 10.1. The number of phenols is 1. The Morgan fingerprint density at radius 2 is 1.85 bits per heavy atom. The number of fused-ring (bicyclic) bond motifs is 1. The number of rotatable bonds is 4. The SMILES string of the molecule is C#Cc1ccc(-n2c(C(C)C)nc3c(C(O)CC)c(O)ccc3c2=O)cc1. The van der Waals surface area contributed by atoms with Gasteiger partial charge in [0.25, 0.3) is 5.56 Å². The van der Waals surface area contributed by atoms with E-state index in [0.717, 1.165) is 5.56 Å². The first kappa shape index (κ1) is 18.7. The van der Waals surface area contributed by atoms with Gasteiger partial charge in [0.05, 0.1) is 22.7 Å². The topological polar surface area (TPSA) is 75.3 Å². The summed E-state index contributed by atoms with van der Waals surface area (Å²) < 4.78 is 1.56. The second kappa shape index (κ2) is 7.26. The number of phenolic OH excluding ortho intramolecular Hbond substituents is 1. The highest BCUT2D eigenvalue weighted by atomic mass is 16.3. The van der Waals surface area contributed by atoms with Crippen LogP contribution in [0.5, 0.6) is 5.75 Å². The molecule has 0 amide bonds. The summed E-state index contributed by atoms with van der Waals surface area (Å²) in [5.41, 5.74) is 1.78. The number of aliphatic hydroxyl groups excluding tert-OH is 1. The lowest BCUT2D eigenvalue weighted by molar-refractivity contribution is 0.171. The van der Waals surface area contributed by atoms with Gasteiger partial charge in [-0.2, -0.15) is 0 Å². The third-order valence-corrected chi connectivity index (χ3v) is 4.61. The molecule has 2 N–H and O–H groups in total. The first-order chi connectivity index (χ1) is 12.9. The van der Waals surface area contributed by atoms with E-state index in [2.05, 4.69) is 10.9 Å². The normalized spacial score (nSPS) is 12.3. The van der Waals surface area contributed by atoms with Gasteiger partial charge in [0, 0.05) is 17.0 Å². The predicted octanol–water partition coefficient (Wildman–Crippen LogP) is 3.64. The van der Waals surface area contributed by atoms with Crippen molar-refractivity contribution >= 4 is 10.9 Å². The van der Waals surface area contributed by atoms with E-state index >= 15 is 0 Å². The fourth-order valence-electron chi connectivity index (χ4n) is 3.16. The molecule has 27 heavy (non-hydrogen) atoms. The van der Waals surface area contributed by atoms with Gasteiger partial charge >= 0.3 is 0 Å².